The van der Waals surface area contributed by atoms with Crippen molar-refractivity contribution in [2.45, 2.75) is 20.0 Å². The van der Waals surface area contributed by atoms with Gasteiger partial charge in [0.2, 0.25) is 5.91 Å². The highest BCUT2D eigenvalue weighted by Crippen LogP contribution is 2.24. The van der Waals surface area contributed by atoms with Crippen molar-refractivity contribution < 1.29 is 14.3 Å². The molecular formula is C20H24N2O3. The lowest BCUT2D eigenvalue weighted by Crippen LogP contribution is -2.22. The Morgan fingerprint density at radius 3 is 2.56 bits per heavy atom. The van der Waals surface area contributed by atoms with Gasteiger partial charge in [0.05, 0.1) is 18.3 Å². The summed E-state index contributed by atoms with van der Waals surface area (Å²) in [4.78, 5) is 12.2. The van der Waals surface area contributed by atoms with Gasteiger partial charge in [-0.25, -0.2) is 0 Å². The van der Waals surface area contributed by atoms with Gasteiger partial charge in [-0.15, -0.1) is 0 Å². The molecule has 2 rings (SSSR count). The Labute approximate surface area is 148 Å². The molecule has 0 atom stereocenters. The maximum Gasteiger partial charge on any atom is 0.243 e. The lowest BCUT2D eigenvalue weighted by Gasteiger charge is -2.15. The molecule has 0 aromatic heterocycles. The number of anilines is 2. The number of carbonyl (C=O) groups is 1. The minimum Gasteiger partial charge on any atom is -0.490 e. The van der Waals surface area contributed by atoms with E-state index >= 15 is 0 Å². The van der Waals surface area contributed by atoms with Crippen molar-refractivity contribution in [3.63, 3.8) is 0 Å². The third-order valence-electron chi connectivity index (χ3n) is 3.20. The van der Waals surface area contributed by atoms with E-state index in [0.29, 0.717) is 18.0 Å². The van der Waals surface area contributed by atoms with Gasteiger partial charge in [0.15, 0.2) is 0 Å². The first-order chi connectivity index (χ1) is 12.1. The van der Waals surface area contributed by atoms with Crippen molar-refractivity contribution in [1.29, 1.82) is 0 Å². The second-order valence-corrected chi connectivity index (χ2v) is 5.69. The first kappa shape index (κ1) is 18.4. The molecule has 0 aliphatic carbocycles. The van der Waals surface area contributed by atoms with Crippen LogP contribution in [0.3, 0.4) is 0 Å². The molecular weight excluding hydrogens is 316 g/mol. The Morgan fingerprint density at radius 2 is 1.88 bits per heavy atom. The number of ether oxygens (including phenoxy) is 2. The van der Waals surface area contributed by atoms with Crippen LogP contribution in [0.25, 0.3) is 0 Å². The van der Waals surface area contributed by atoms with E-state index in [1.165, 1.54) is 0 Å². The van der Waals surface area contributed by atoms with Crippen LogP contribution in [0.1, 0.15) is 13.8 Å². The number of benzene rings is 2. The van der Waals surface area contributed by atoms with E-state index in [1.807, 2.05) is 62.4 Å². The molecule has 2 aromatic rings. The Hall–Kier alpha value is -2.95. The zero-order valence-corrected chi connectivity index (χ0v) is 14.6. The molecule has 132 valence electrons. The molecule has 0 saturated carbocycles. The van der Waals surface area contributed by atoms with Gasteiger partial charge in [0.25, 0.3) is 0 Å². The zero-order valence-electron chi connectivity index (χ0n) is 14.6. The first-order valence-corrected chi connectivity index (χ1v) is 8.21. The SMILES string of the molecule is C=CCOc1ccc(NCC(=O)Nc2ccccc2OC(C)C)cc1. The predicted octanol–water partition coefficient (Wildman–Crippen LogP) is 4.09. The minimum atomic E-state index is -0.146. The summed E-state index contributed by atoms with van der Waals surface area (Å²) >= 11 is 0. The van der Waals surface area contributed by atoms with Crippen molar-refractivity contribution in [2.75, 3.05) is 23.8 Å². The number of amides is 1. The van der Waals surface area contributed by atoms with Crippen LogP contribution in [-0.4, -0.2) is 25.2 Å². The number of rotatable bonds is 9. The van der Waals surface area contributed by atoms with Crippen LogP contribution in [0.4, 0.5) is 11.4 Å². The molecule has 25 heavy (non-hydrogen) atoms. The van der Waals surface area contributed by atoms with E-state index in [1.54, 1.807) is 6.08 Å². The summed E-state index contributed by atoms with van der Waals surface area (Å²) in [6.45, 7) is 8.12. The third kappa shape index (κ3) is 6.22. The fourth-order valence-electron chi connectivity index (χ4n) is 2.13. The van der Waals surface area contributed by atoms with Crippen LogP contribution in [0, 0.1) is 0 Å². The molecule has 5 nitrogen and oxygen atoms in total. The summed E-state index contributed by atoms with van der Waals surface area (Å²) in [6.07, 6.45) is 1.73. The zero-order chi connectivity index (χ0) is 18.1. The van der Waals surface area contributed by atoms with E-state index in [2.05, 4.69) is 17.2 Å². The normalized spacial score (nSPS) is 10.2. The second-order valence-electron chi connectivity index (χ2n) is 5.69. The largest absolute Gasteiger partial charge is 0.490 e. The average Bonchev–Trinajstić information content (AvgIpc) is 2.60. The van der Waals surface area contributed by atoms with Crippen molar-refractivity contribution >= 4 is 17.3 Å². The number of hydrogen-bond donors (Lipinski definition) is 2. The summed E-state index contributed by atoms with van der Waals surface area (Å²) in [5.41, 5.74) is 1.50. The molecule has 0 fully saturated rings. The first-order valence-electron chi connectivity index (χ1n) is 8.21. The topological polar surface area (TPSA) is 59.6 Å². The van der Waals surface area contributed by atoms with Crippen molar-refractivity contribution in [1.82, 2.24) is 0 Å². The number of carbonyl (C=O) groups excluding carboxylic acids is 1. The Kier molecular flexibility index (Phi) is 6.89. The van der Waals surface area contributed by atoms with E-state index < -0.39 is 0 Å². The molecule has 0 saturated heterocycles. The van der Waals surface area contributed by atoms with E-state index in [-0.39, 0.29) is 18.6 Å². The van der Waals surface area contributed by atoms with Crippen LogP contribution in [0.5, 0.6) is 11.5 Å². The van der Waals surface area contributed by atoms with Gasteiger partial charge in [0, 0.05) is 5.69 Å². The van der Waals surface area contributed by atoms with E-state index in [9.17, 15) is 4.79 Å². The molecule has 0 bridgehead atoms. The number of hydrogen-bond acceptors (Lipinski definition) is 4. The molecule has 0 spiro atoms. The van der Waals surface area contributed by atoms with Crippen molar-refractivity contribution in [2.24, 2.45) is 0 Å². The quantitative estimate of drug-likeness (QED) is 0.675. The summed E-state index contributed by atoms with van der Waals surface area (Å²) < 4.78 is 11.1. The fourth-order valence-corrected chi connectivity index (χ4v) is 2.13. The van der Waals surface area contributed by atoms with Gasteiger partial charge >= 0.3 is 0 Å². The van der Waals surface area contributed by atoms with Crippen molar-refractivity contribution in [3.8, 4) is 11.5 Å². The van der Waals surface area contributed by atoms with Crippen LogP contribution < -0.4 is 20.1 Å². The minimum absolute atomic E-state index is 0.0398. The van der Waals surface area contributed by atoms with Gasteiger partial charge in [-0.2, -0.15) is 0 Å². The van der Waals surface area contributed by atoms with Gasteiger partial charge < -0.3 is 20.1 Å². The molecule has 0 unspecified atom stereocenters. The Morgan fingerprint density at radius 1 is 1.16 bits per heavy atom. The Bertz CT molecular complexity index is 696. The van der Waals surface area contributed by atoms with E-state index in [4.69, 9.17) is 9.47 Å². The van der Waals surface area contributed by atoms with Crippen LogP contribution in [0.2, 0.25) is 0 Å². The average molecular weight is 340 g/mol. The molecule has 2 aromatic carbocycles. The highest BCUT2D eigenvalue weighted by molar-refractivity contribution is 5.95. The lowest BCUT2D eigenvalue weighted by molar-refractivity contribution is -0.114. The molecule has 1 amide bonds. The monoisotopic (exact) mass is 340 g/mol. The maximum atomic E-state index is 12.2. The summed E-state index contributed by atoms with van der Waals surface area (Å²) in [5, 5.41) is 5.94. The van der Waals surface area contributed by atoms with Gasteiger partial charge in [-0.05, 0) is 50.2 Å². The summed E-state index contributed by atoms with van der Waals surface area (Å²) in [5.74, 6) is 1.27. The number of nitrogens with one attached hydrogen (secondary N) is 2. The highest BCUT2D eigenvalue weighted by Gasteiger charge is 2.08. The van der Waals surface area contributed by atoms with Gasteiger partial charge in [-0.1, -0.05) is 24.8 Å². The summed E-state index contributed by atoms with van der Waals surface area (Å²) in [6, 6.07) is 14.8. The van der Waals surface area contributed by atoms with E-state index in [0.717, 1.165) is 11.4 Å². The standard InChI is InChI=1S/C20H24N2O3/c1-4-13-24-17-11-9-16(10-12-17)21-14-20(23)22-18-7-5-6-8-19(18)25-15(2)3/h4-12,15,21H,1,13-14H2,2-3H3,(H,22,23). The molecule has 2 N–H and O–H groups in total. The molecule has 0 aliphatic rings. The van der Waals surface area contributed by atoms with Crippen LogP contribution in [-0.2, 0) is 4.79 Å². The maximum absolute atomic E-state index is 12.2. The fraction of sp³-hybridized carbons (Fsp3) is 0.250. The second kappa shape index (κ2) is 9.37. The highest BCUT2D eigenvalue weighted by atomic mass is 16.5. The third-order valence-corrected chi connectivity index (χ3v) is 3.20. The smallest absolute Gasteiger partial charge is 0.243 e. The lowest BCUT2D eigenvalue weighted by atomic mass is 10.2. The molecule has 0 aliphatic heterocycles. The van der Waals surface area contributed by atoms with Gasteiger partial charge in [0.1, 0.15) is 18.1 Å². The van der Waals surface area contributed by atoms with Gasteiger partial charge in [-0.3, -0.25) is 4.79 Å². The summed E-state index contributed by atoms with van der Waals surface area (Å²) in [7, 11) is 0. The van der Waals surface area contributed by atoms with Crippen molar-refractivity contribution in [3.05, 3.63) is 61.2 Å². The Balaban J connectivity index is 1.87. The van der Waals surface area contributed by atoms with Crippen LogP contribution >= 0.6 is 0 Å². The van der Waals surface area contributed by atoms with Crippen LogP contribution in [0.15, 0.2) is 61.2 Å². The number of para-hydroxylation sites is 2. The molecule has 5 heteroatoms. The predicted molar refractivity (Wildman–Crippen MR) is 101 cm³/mol. The molecule has 0 heterocycles. The molecule has 0 radical (unpaired) electrons.